The number of hydrogen-bond donors (Lipinski definition) is 10. The third-order valence-corrected chi connectivity index (χ3v) is 39.3. The van der Waals surface area contributed by atoms with Gasteiger partial charge >= 0.3 is 28.4 Å². The van der Waals surface area contributed by atoms with Crippen LogP contribution in [-0.2, 0) is 73.6 Å². The molecule has 127 heavy (non-hydrogen) atoms. The van der Waals surface area contributed by atoms with Crippen molar-refractivity contribution in [3.8, 4) is 0 Å². The van der Waals surface area contributed by atoms with E-state index in [4.69, 9.17) is 96.5 Å². The van der Waals surface area contributed by atoms with Crippen LogP contribution in [0.3, 0.4) is 0 Å². The van der Waals surface area contributed by atoms with Gasteiger partial charge in [-0.15, -0.1) is 26.3 Å². The molecule has 10 rings (SSSR count). The van der Waals surface area contributed by atoms with Crippen LogP contribution in [0.4, 0.5) is 29.1 Å². The zero-order valence-electron chi connectivity index (χ0n) is 74.0. The van der Waals surface area contributed by atoms with Gasteiger partial charge in [-0.2, -0.15) is 36.0 Å². The molecule has 18 atom stereocenters. The van der Waals surface area contributed by atoms with Crippen molar-refractivity contribution in [2.45, 2.75) is 241 Å². The molecule has 0 bridgehead atoms. The minimum absolute atomic E-state index is 0.0244. The predicted molar refractivity (Wildman–Crippen MR) is 480 cm³/mol. The molecule has 0 aromatic carbocycles. The van der Waals surface area contributed by atoms with Crippen LogP contribution in [-0.4, -0.2) is 216 Å². The van der Waals surface area contributed by atoms with E-state index < -0.39 is 156 Å². The highest BCUT2D eigenvalue weighted by Gasteiger charge is 2.46. The number of halogens is 2. The van der Waals surface area contributed by atoms with Gasteiger partial charge < -0.3 is 120 Å². The summed E-state index contributed by atoms with van der Waals surface area (Å²) < 4.78 is 109. The van der Waals surface area contributed by atoms with Crippen molar-refractivity contribution in [3.63, 3.8) is 0 Å². The molecular formula is C75H125BrClN15O29P3Si3-3. The summed E-state index contributed by atoms with van der Waals surface area (Å²) in [7, 11) is -22.8. The maximum atomic E-state index is 12.1. The molecule has 5 fully saturated rings. The Labute approximate surface area is 752 Å². The fourth-order valence-electron chi connectivity index (χ4n) is 11.0. The van der Waals surface area contributed by atoms with Gasteiger partial charge in [-0.3, -0.25) is 36.5 Å². The van der Waals surface area contributed by atoms with E-state index in [0.29, 0.717) is 50.7 Å². The van der Waals surface area contributed by atoms with Crippen molar-refractivity contribution in [2.24, 2.45) is 0 Å². The smallest absolute Gasteiger partial charge is 0.351 e. The average molecular weight is 1990 g/mol. The number of aliphatic hydroxyl groups excluding tert-OH is 4. The summed E-state index contributed by atoms with van der Waals surface area (Å²) in [4.78, 5) is 119. The first-order valence-corrected chi connectivity index (χ1v) is 55.2. The van der Waals surface area contributed by atoms with E-state index in [1.165, 1.54) is 67.2 Å². The number of aliphatic hydroxyl groups is 4. The maximum Gasteiger partial charge on any atom is 0.351 e. The lowest BCUT2D eigenvalue weighted by Crippen LogP contribution is -2.44. The van der Waals surface area contributed by atoms with Crippen LogP contribution in [0.15, 0.2) is 136 Å². The SMILES string of the molecule is C=CCBr.C=CCO[C@@H]1C[C@H](n2ccc(N)nc2=O)O[C@@H]1CO.C=CCO[C@@H]1C[C@H](n2ccc(N)nc2=O)O[C@@H]1COP(=O)([O-])OP(=O)([O-])OP(=O)([O-])O.C=CCO[C@@H]1C[C@H](n2ccc(N)nc2=O)O[C@@H]1CO[Si](C)(C)C(C)(C)C.CC(C)(C)[Si](C)(C)Cl.CC(C)(C)[Si](C)(C)OC[C@H]1O[C@@H](n2ccc(N)nc2=O)C[C@H]1O.Nc1ccn([C@H]2C[C@@H](O)[C@@H](CO)O2)c(=O)n1. The summed E-state index contributed by atoms with van der Waals surface area (Å²) in [6, 6.07) is 7.45. The van der Waals surface area contributed by atoms with Gasteiger partial charge in [-0.05, 0) is 71.6 Å². The lowest BCUT2D eigenvalue weighted by Gasteiger charge is -2.37. The van der Waals surface area contributed by atoms with Gasteiger partial charge in [-0.25, -0.2) is 32.6 Å². The Bertz CT molecular complexity index is 4810. The third-order valence-electron chi connectivity index (χ3n) is 20.9. The number of aromatic nitrogens is 10. The van der Waals surface area contributed by atoms with Gasteiger partial charge in [-0.1, -0.05) is 116 Å². The molecule has 5 saturated heterocycles. The molecule has 0 aliphatic carbocycles. The highest BCUT2D eigenvalue weighted by Crippen LogP contribution is 2.61. The molecule has 5 aliphatic rings. The molecule has 52 heteroatoms. The first-order valence-electron chi connectivity index (χ1n) is 39.8. The molecule has 718 valence electrons. The lowest BCUT2D eigenvalue weighted by molar-refractivity contribution is -0.250. The molecule has 0 amide bonds. The Morgan fingerprint density at radius 1 is 0.465 bits per heavy atom. The van der Waals surface area contributed by atoms with Crippen LogP contribution in [0.1, 0.15) is 126 Å². The molecule has 10 heterocycles. The molecule has 0 spiro atoms. The van der Waals surface area contributed by atoms with E-state index in [1.54, 1.807) is 36.7 Å². The maximum absolute atomic E-state index is 12.1. The zero-order chi connectivity index (χ0) is 96.3. The molecule has 0 saturated carbocycles. The van der Waals surface area contributed by atoms with Crippen molar-refractivity contribution >= 4 is 104 Å². The second-order valence-electron chi connectivity index (χ2n) is 33.6. The second kappa shape index (κ2) is 49.9. The minimum Gasteiger partial charge on any atom is -0.756 e. The number of phosphoric ester groups is 1. The Kier molecular flexibility index (Phi) is 44.4. The van der Waals surface area contributed by atoms with E-state index >= 15 is 0 Å². The number of nitrogen functional groups attached to an aromatic ring is 5. The van der Waals surface area contributed by atoms with Crippen LogP contribution in [0.2, 0.25) is 54.4 Å². The fraction of sp³-hybridized carbons (Fsp3) is 0.627. The molecule has 15 N–H and O–H groups in total. The van der Waals surface area contributed by atoms with E-state index in [0.717, 1.165) is 9.90 Å². The molecule has 5 aromatic heterocycles. The second-order valence-corrected chi connectivity index (χ2v) is 55.5. The largest absolute Gasteiger partial charge is 0.756 e. The van der Waals surface area contributed by atoms with Crippen molar-refractivity contribution in [1.29, 1.82) is 0 Å². The Morgan fingerprint density at radius 3 is 0.984 bits per heavy atom. The van der Waals surface area contributed by atoms with Crippen molar-refractivity contribution in [2.75, 3.05) is 86.9 Å². The number of ether oxygens (including phenoxy) is 8. The highest BCUT2D eigenvalue weighted by atomic mass is 79.9. The first kappa shape index (κ1) is 113. The van der Waals surface area contributed by atoms with E-state index in [1.807, 2.05) is 0 Å². The molecule has 5 aromatic rings. The Morgan fingerprint density at radius 2 is 0.724 bits per heavy atom. The van der Waals surface area contributed by atoms with E-state index in [2.05, 4.69) is 182 Å². The summed E-state index contributed by atoms with van der Waals surface area (Å²) >= 11 is 9.28. The van der Waals surface area contributed by atoms with Crippen LogP contribution in [0.25, 0.3) is 0 Å². The fourth-order valence-corrected chi connectivity index (χ4v) is 15.9. The van der Waals surface area contributed by atoms with Gasteiger partial charge in [0.2, 0.25) is 0 Å². The summed E-state index contributed by atoms with van der Waals surface area (Å²) in [5.41, 5.74) is 24.6. The molecule has 5 aliphatic heterocycles. The number of allylic oxidation sites excluding steroid dienone is 1. The van der Waals surface area contributed by atoms with Crippen molar-refractivity contribution in [1.82, 2.24) is 47.8 Å². The molecule has 0 radical (unpaired) electrons. The van der Waals surface area contributed by atoms with Crippen LogP contribution < -0.4 is 71.8 Å². The number of hydrogen-bond acceptors (Lipinski definition) is 38. The average Bonchev–Trinajstić information content (AvgIpc) is 1.87. The van der Waals surface area contributed by atoms with Crippen molar-refractivity contribution in [3.05, 3.63) is 164 Å². The number of phosphoric acid groups is 3. The topological polar surface area (TPSA) is 646 Å². The number of nitrogens with zero attached hydrogens (tertiary/aromatic N) is 10. The number of alkyl halides is 1. The summed E-state index contributed by atoms with van der Waals surface area (Å²) in [6.45, 7) is 47.2. The predicted octanol–water partition coefficient (Wildman–Crippen LogP) is 5.27. The highest BCUT2D eigenvalue weighted by molar-refractivity contribution is 9.09. The van der Waals surface area contributed by atoms with Crippen molar-refractivity contribution < 1.29 is 114 Å². The minimum atomic E-state index is -6.03. The zero-order valence-corrected chi connectivity index (χ0v) is 82.0. The van der Waals surface area contributed by atoms with E-state index in [9.17, 15) is 67.7 Å². The number of nitrogens with two attached hydrogens (primary N) is 5. The number of anilines is 5. The molecular weight excluding hydrogens is 1870 g/mol. The van der Waals surface area contributed by atoms with E-state index in [-0.39, 0.29) is 90.1 Å². The van der Waals surface area contributed by atoms with Gasteiger partial charge in [0, 0.05) is 68.4 Å². The first-order chi connectivity index (χ1) is 58.7. The monoisotopic (exact) mass is 1990 g/mol. The third kappa shape index (κ3) is 36.6. The molecule has 44 nitrogen and oxygen atoms in total. The van der Waals surface area contributed by atoms with Gasteiger partial charge in [0.05, 0.1) is 83.4 Å². The van der Waals surface area contributed by atoms with Crippen LogP contribution in [0.5, 0.6) is 0 Å². The van der Waals surface area contributed by atoms with Crippen LogP contribution in [0, 0.1) is 0 Å². The van der Waals surface area contributed by atoms with Gasteiger partial charge in [0.25, 0.3) is 23.5 Å². The van der Waals surface area contributed by atoms with Crippen LogP contribution >= 0.6 is 50.5 Å². The lowest BCUT2D eigenvalue weighted by atomic mass is 10.2. The Hall–Kier alpha value is -6.37. The summed E-state index contributed by atoms with van der Waals surface area (Å²) in [5, 5.41) is 39.3. The summed E-state index contributed by atoms with van der Waals surface area (Å²) in [6.07, 6.45) is 6.83. The van der Waals surface area contributed by atoms with Gasteiger partial charge in [0.15, 0.2) is 24.0 Å². The standard InChI is InChI=1S/C18H31N3O4Si.C15H27N3O4Si.C12H20N3O13P3.C12H17N3O4.C9H13N3O4.C6H15ClSi.C3H5Br/c1-7-10-23-13-11-16(21-9-8-15(19)20-17(21)22)25-14(13)12-24-26(5,6)18(2,3)4;1-15(2,3)23(4,5)21-9-11-10(19)8-13(22-11)18-7-6-12(16)17-14(18)20;1-2-5-24-8-6-11(15-4-3-10(13)14-12(15)16)26-9(8)7-25-30(20,21)28-31(22,23)27-29(17,18)19;1-2-5-18-8-6-11(19-9(8)7-16)15-4-3-10(13)14-12(15)17;10-7-1-2-12(9(15)11-7)8-3-5(14)6(4-13)16-8;1-6(2,3)8(4,5)7;1-2-3-4/h7-9,13-14,16H,1,10-12H2,2-6H3,(H2,19,20,22);6-7,10-11,13,19H,8-9H2,1-5H3,(H2,16,17,20);2-4,8-9,11H,1,5-7H2,(H,20,21)(H,22,23)(H2,13,14,16)(H2,17,18,19);2-4,8-9,11,16H,1,5-7H2,(H2,13,14,17);1-2,5-6,8,13-14H,3-4H2,(H2,10,11,15);1-5H3;2H,1,3H2/p-3/t13-,14-,16-;10-,11-,13-;2*8-,9-,11-;5-,6-,8-;;/m11111../s1. The summed E-state index contributed by atoms with van der Waals surface area (Å²) in [5.74, 6) is 0.637. The quantitative estimate of drug-likeness (QED) is 0.00919. The number of rotatable bonds is 30. The molecule has 3 unspecified atom stereocenters. The Balaban J connectivity index is 0.000000326. The van der Waals surface area contributed by atoms with Gasteiger partial charge in [0.1, 0.15) is 90.7 Å². The normalized spacial score (nSPS) is 25.0.